The van der Waals surface area contributed by atoms with Gasteiger partial charge < -0.3 is 0 Å². The summed E-state index contributed by atoms with van der Waals surface area (Å²) in [5.41, 5.74) is -2.37. The topological polar surface area (TPSA) is 63.6 Å². The number of halogens is 4. The average Bonchev–Trinajstić information content (AvgIpc) is 2.57. The lowest BCUT2D eigenvalue weighted by molar-refractivity contribution is -0.141. The minimum Gasteiger partial charge on any atom is -0.285 e. The highest BCUT2D eigenvalue weighted by atomic mass is 35.5. The average molecular weight is 279 g/mol. The highest BCUT2D eigenvalue weighted by Crippen LogP contribution is 2.29. The quantitative estimate of drug-likeness (QED) is 0.867. The summed E-state index contributed by atoms with van der Waals surface area (Å²) in [6.07, 6.45) is -4.63. The lowest BCUT2D eigenvalue weighted by Gasteiger charge is -2.03. The van der Waals surface area contributed by atoms with Gasteiger partial charge in [-0.1, -0.05) is 11.6 Å². The van der Waals surface area contributed by atoms with Crippen molar-refractivity contribution in [1.82, 2.24) is 20.0 Å². The van der Waals surface area contributed by atoms with Gasteiger partial charge in [0.05, 0.1) is 0 Å². The summed E-state index contributed by atoms with van der Waals surface area (Å²) in [6.45, 7) is 1.08. The Bertz CT molecular complexity index is 629. The molecule has 0 unspecified atom stereocenters. The van der Waals surface area contributed by atoms with E-state index >= 15 is 0 Å². The zero-order valence-corrected chi connectivity index (χ0v) is 9.67. The molecular weight excluding hydrogens is 273 g/mol. The van der Waals surface area contributed by atoms with Crippen molar-refractivity contribution >= 4 is 11.6 Å². The molecule has 18 heavy (non-hydrogen) atoms. The molecule has 0 amide bonds. The van der Waals surface area contributed by atoms with E-state index in [1.165, 1.54) is 12.1 Å². The number of alkyl halides is 3. The SMILES string of the molecule is Cc1c(C(F)(F)F)[nH]n(-c2ccc(Cl)nn2)c1=O. The van der Waals surface area contributed by atoms with Crippen LogP contribution in [-0.4, -0.2) is 20.0 Å². The smallest absolute Gasteiger partial charge is 0.285 e. The minimum absolute atomic E-state index is 0.0667. The van der Waals surface area contributed by atoms with Crippen LogP contribution in [0, 0.1) is 6.92 Å². The predicted octanol–water partition coefficient (Wildman–Crippen LogP) is 1.94. The first kappa shape index (κ1) is 12.6. The molecule has 0 saturated carbocycles. The van der Waals surface area contributed by atoms with Crippen LogP contribution in [0.25, 0.3) is 5.82 Å². The Balaban J connectivity index is 2.60. The van der Waals surface area contributed by atoms with Crippen LogP contribution in [0.5, 0.6) is 0 Å². The van der Waals surface area contributed by atoms with Gasteiger partial charge in [0.25, 0.3) is 5.56 Å². The van der Waals surface area contributed by atoms with Gasteiger partial charge in [-0.3, -0.25) is 9.89 Å². The van der Waals surface area contributed by atoms with Gasteiger partial charge in [-0.15, -0.1) is 10.2 Å². The van der Waals surface area contributed by atoms with Crippen LogP contribution in [-0.2, 0) is 6.18 Å². The summed E-state index contributed by atoms with van der Waals surface area (Å²) in [5, 5.41) is 9.01. The Morgan fingerprint density at radius 2 is 2.00 bits per heavy atom. The summed E-state index contributed by atoms with van der Waals surface area (Å²) in [4.78, 5) is 11.7. The molecule has 1 N–H and O–H groups in total. The maximum atomic E-state index is 12.6. The second-order valence-corrected chi connectivity index (χ2v) is 3.85. The zero-order valence-electron chi connectivity index (χ0n) is 8.92. The van der Waals surface area contributed by atoms with Gasteiger partial charge in [0, 0.05) is 5.56 Å². The molecule has 0 saturated heterocycles. The fraction of sp³-hybridized carbons (Fsp3) is 0.222. The van der Waals surface area contributed by atoms with Crippen molar-refractivity contribution < 1.29 is 13.2 Å². The van der Waals surface area contributed by atoms with E-state index in [0.717, 1.165) is 6.92 Å². The molecule has 2 heterocycles. The first-order valence-electron chi connectivity index (χ1n) is 4.69. The Hall–Kier alpha value is -1.83. The molecule has 5 nitrogen and oxygen atoms in total. The summed E-state index contributed by atoms with van der Waals surface area (Å²) >= 11 is 5.50. The molecule has 2 rings (SSSR count). The summed E-state index contributed by atoms with van der Waals surface area (Å²) in [7, 11) is 0. The fourth-order valence-electron chi connectivity index (χ4n) is 1.39. The Labute approximate surface area is 103 Å². The molecule has 2 aromatic rings. The first-order chi connectivity index (χ1) is 8.30. The third-order valence-electron chi connectivity index (χ3n) is 2.25. The van der Waals surface area contributed by atoms with Crippen LogP contribution in [0.4, 0.5) is 13.2 Å². The number of nitrogens with one attached hydrogen (secondary N) is 1. The van der Waals surface area contributed by atoms with E-state index in [-0.39, 0.29) is 11.0 Å². The van der Waals surface area contributed by atoms with E-state index in [9.17, 15) is 18.0 Å². The van der Waals surface area contributed by atoms with Gasteiger partial charge in [-0.05, 0) is 19.1 Å². The largest absolute Gasteiger partial charge is 0.433 e. The number of nitrogens with zero attached hydrogens (tertiary/aromatic N) is 3. The molecule has 0 spiro atoms. The molecule has 0 atom stereocenters. The molecular formula is C9H6ClF3N4O. The van der Waals surface area contributed by atoms with Crippen LogP contribution in [0.15, 0.2) is 16.9 Å². The van der Waals surface area contributed by atoms with E-state index < -0.39 is 23.0 Å². The number of hydrogen-bond donors (Lipinski definition) is 1. The number of aromatic amines is 1. The number of H-pyrrole nitrogens is 1. The van der Waals surface area contributed by atoms with E-state index in [1.807, 2.05) is 5.10 Å². The van der Waals surface area contributed by atoms with Gasteiger partial charge in [0.1, 0.15) is 5.69 Å². The van der Waals surface area contributed by atoms with Crippen molar-refractivity contribution in [1.29, 1.82) is 0 Å². The van der Waals surface area contributed by atoms with Gasteiger partial charge in [-0.25, -0.2) is 0 Å². The molecule has 0 aliphatic rings. The van der Waals surface area contributed by atoms with Crippen molar-refractivity contribution in [3.05, 3.63) is 38.9 Å². The van der Waals surface area contributed by atoms with E-state index in [2.05, 4.69) is 10.2 Å². The minimum atomic E-state index is -4.63. The Kier molecular flexibility index (Phi) is 2.89. The molecule has 9 heteroatoms. The van der Waals surface area contributed by atoms with Crippen molar-refractivity contribution in [2.75, 3.05) is 0 Å². The highest BCUT2D eigenvalue weighted by Gasteiger charge is 2.36. The molecule has 0 bridgehead atoms. The number of rotatable bonds is 1. The maximum Gasteiger partial charge on any atom is 0.433 e. The monoisotopic (exact) mass is 278 g/mol. The lowest BCUT2D eigenvalue weighted by Crippen LogP contribution is -2.17. The van der Waals surface area contributed by atoms with E-state index in [4.69, 9.17) is 11.6 Å². The van der Waals surface area contributed by atoms with Gasteiger partial charge in [-0.2, -0.15) is 17.9 Å². The third kappa shape index (κ3) is 2.10. The van der Waals surface area contributed by atoms with Crippen LogP contribution >= 0.6 is 11.6 Å². The summed E-state index contributed by atoms with van der Waals surface area (Å²) in [5.74, 6) is -0.0667. The lowest BCUT2D eigenvalue weighted by atomic mass is 10.3. The molecule has 0 radical (unpaired) electrons. The van der Waals surface area contributed by atoms with Gasteiger partial charge in [0.2, 0.25) is 0 Å². The predicted molar refractivity (Wildman–Crippen MR) is 56.7 cm³/mol. The zero-order chi connectivity index (χ0) is 13.5. The van der Waals surface area contributed by atoms with Gasteiger partial charge in [0.15, 0.2) is 11.0 Å². The first-order valence-corrected chi connectivity index (χ1v) is 5.07. The summed E-state index contributed by atoms with van der Waals surface area (Å²) < 4.78 is 38.4. The van der Waals surface area contributed by atoms with Crippen LogP contribution in [0.2, 0.25) is 5.15 Å². The normalized spacial score (nSPS) is 11.8. The maximum absolute atomic E-state index is 12.6. The number of aromatic nitrogens is 4. The molecule has 0 aliphatic carbocycles. The van der Waals surface area contributed by atoms with Crippen LogP contribution in [0.1, 0.15) is 11.3 Å². The van der Waals surface area contributed by atoms with Crippen molar-refractivity contribution in [2.24, 2.45) is 0 Å². The molecule has 0 aliphatic heterocycles. The van der Waals surface area contributed by atoms with Crippen molar-refractivity contribution in [2.45, 2.75) is 13.1 Å². The third-order valence-corrected chi connectivity index (χ3v) is 2.45. The Morgan fingerprint density at radius 3 is 2.44 bits per heavy atom. The van der Waals surface area contributed by atoms with Crippen LogP contribution < -0.4 is 5.56 Å². The standard InChI is InChI=1S/C9H6ClF3N4O/c1-4-7(9(11,12)13)16-17(8(4)18)6-3-2-5(10)14-15-6/h2-3,16H,1H3. The van der Waals surface area contributed by atoms with Crippen molar-refractivity contribution in [3.63, 3.8) is 0 Å². The molecule has 0 fully saturated rings. The number of hydrogen-bond acceptors (Lipinski definition) is 3. The molecule has 2 aromatic heterocycles. The fourth-order valence-corrected chi connectivity index (χ4v) is 1.49. The molecule has 0 aromatic carbocycles. The second-order valence-electron chi connectivity index (χ2n) is 3.46. The van der Waals surface area contributed by atoms with E-state index in [0.29, 0.717) is 4.68 Å². The van der Waals surface area contributed by atoms with Gasteiger partial charge >= 0.3 is 6.18 Å². The second kappa shape index (κ2) is 4.13. The highest BCUT2D eigenvalue weighted by molar-refractivity contribution is 6.29. The summed E-state index contributed by atoms with van der Waals surface area (Å²) in [6, 6.07) is 2.60. The van der Waals surface area contributed by atoms with Crippen molar-refractivity contribution in [3.8, 4) is 5.82 Å². The Morgan fingerprint density at radius 1 is 1.33 bits per heavy atom. The van der Waals surface area contributed by atoms with Crippen LogP contribution in [0.3, 0.4) is 0 Å². The molecule has 96 valence electrons. The van der Waals surface area contributed by atoms with E-state index in [1.54, 1.807) is 0 Å².